The van der Waals surface area contributed by atoms with E-state index in [-0.39, 0.29) is 18.0 Å². The normalized spacial score (nSPS) is 17.5. The van der Waals surface area contributed by atoms with Gasteiger partial charge in [-0.3, -0.25) is 0 Å². The van der Waals surface area contributed by atoms with Crippen LogP contribution in [0.4, 0.5) is 16.7 Å². The number of aromatic nitrogens is 3. The van der Waals surface area contributed by atoms with Gasteiger partial charge in [0.2, 0.25) is 11.9 Å². The molecule has 1 aromatic heterocycles. The maximum atomic E-state index is 11.9. The van der Waals surface area contributed by atoms with Crippen LogP contribution in [-0.2, 0) is 0 Å². The molecule has 8 nitrogen and oxygen atoms in total. The summed E-state index contributed by atoms with van der Waals surface area (Å²) in [7, 11) is 3.82. The van der Waals surface area contributed by atoms with E-state index in [9.17, 15) is 4.79 Å². The van der Waals surface area contributed by atoms with Crippen LogP contribution in [0.3, 0.4) is 0 Å². The second-order valence-corrected chi connectivity index (χ2v) is 6.28. The molecule has 1 fully saturated rings. The highest BCUT2D eigenvalue weighted by Crippen LogP contribution is 2.18. The first kappa shape index (κ1) is 17.2. The van der Waals surface area contributed by atoms with E-state index < -0.39 is 0 Å². The highest BCUT2D eigenvalue weighted by atomic mass is 16.2. The summed E-state index contributed by atoms with van der Waals surface area (Å²) in [5.74, 6) is 2.22. The largest absolute Gasteiger partial charge is 0.349 e. The van der Waals surface area contributed by atoms with Gasteiger partial charge < -0.3 is 20.4 Å². The first-order chi connectivity index (χ1) is 10.9. The Balaban J connectivity index is 2.07. The Labute approximate surface area is 137 Å². The zero-order valence-corrected chi connectivity index (χ0v) is 14.6. The molecular formula is C15H27N7O. The van der Waals surface area contributed by atoms with Gasteiger partial charge in [-0.15, -0.1) is 0 Å². The Morgan fingerprint density at radius 2 is 2.09 bits per heavy atom. The van der Waals surface area contributed by atoms with Gasteiger partial charge in [-0.1, -0.05) is 13.8 Å². The molecule has 0 radical (unpaired) electrons. The third kappa shape index (κ3) is 4.43. The summed E-state index contributed by atoms with van der Waals surface area (Å²) in [5, 5.41) is 6.18. The summed E-state index contributed by atoms with van der Waals surface area (Å²) in [4.78, 5) is 29.0. The second kappa shape index (κ2) is 7.43. The van der Waals surface area contributed by atoms with Crippen LogP contribution in [0.15, 0.2) is 0 Å². The average Bonchev–Trinajstić information content (AvgIpc) is 2.95. The van der Waals surface area contributed by atoms with Crippen molar-refractivity contribution >= 4 is 17.9 Å². The molecule has 2 rings (SSSR count). The second-order valence-electron chi connectivity index (χ2n) is 6.28. The fraction of sp³-hybridized carbons (Fsp3) is 0.733. The maximum Gasteiger partial charge on any atom is 0.317 e. The molecule has 128 valence electrons. The third-order valence-electron chi connectivity index (χ3n) is 3.69. The van der Waals surface area contributed by atoms with Crippen LogP contribution in [0.2, 0.25) is 0 Å². The summed E-state index contributed by atoms with van der Waals surface area (Å²) < 4.78 is 0. The van der Waals surface area contributed by atoms with E-state index in [0.717, 1.165) is 18.8 Å². The van der Waals surface area contributed by atoms with E-state index in [2.05, 4.69) is 39.4 Å². The van der Waals surface area contributed by atoms with Crippen LogP contribution in [0.25, 0.3) is 0 Å². The van der Waals surface area contributed by atoms with Gasteiger partial charge in [-0.25, -0.2) is 4.79 Å². The first-order valence-corrected chi connectivity index (χ1v) is 8.13. The molecule has 0 aromatic carbocycles. The summed E-state index contributed by atoms with van der Waals surface area (Å²) >= 11 is 0. The van der Waals surface area contributed by atoms with Crippen LogP contribution < -0.4 is 15.5 Å². The molecule has 0 aliphatic carbocycles. The Morgan fingerprint density at radius 3 is 2.70 bits per heavy atom. The Morgan fingerprint density at radius 1 is 1.35 bits per heavy atom. The molecule has 2 amide bonds. The molecule has 0 bridgehead atoms. The predicted molar refractivity (Wildman–Crippen MR) is 90.9 cm³/mol. The summed E-state index contributed by atoms with van der Waals surface area (Å²) in [5.41, 5.74) is 0. The number of urea groups is 1. The number of rotatable bonds is 5. The lowest BCUT2D eigenvalue weighted by molar-refractivity contribution is 0.209. The number of carbonyl (C=O) groups excluding carboxylic acids is 1. The minimum atomic E-state index is -0.00991. The van der Waals surface area contributed by atoms with Crippen molar-refractivity contribution in [3.05, 3.63) is 5.82 Å². The molecule has 1 atom stereocenters. The van der Waals surface area contributed by atoms with Crippen molar-refractivity contribution in [1.82, 2.24) is 25.2 Å². The molecule has 8 heteroatoms. The molecule has 1 unspecified atom stereocenters. The number of nitrogens with zero attached hydrogens (tertiary/aromatic N) is 5. The van der Waals surface area contributed by atoms with Crippen LogP contribution in [0.5, 0.6) is 0 Å². The number of likely N-dealkylation sites (tertiary alicyclic amines) is 1. The lowest BCUT2D eigenvalue weighted by Crippen LogP contribution is -2.39. The van der Waals surface area contributed by atoms with Crippen LogP contribution in [0.1, 0.15) is 38.9 Å². The van der Waals surface area contributed by atoms with Gasteiger partial charge in [0, 0.05) is 45.7 Å². The zero-order valence-electron chi connectivity index (χ0n) is 14.6. The van der Waals surface area contributed by atoms with Gasteiger partial charge in [-0.2, -0.15) is 15.0 Å². The molecule has 23 heavy (non-hydrogen) atoms. The minimum absolute atomic E-state index is 0.00991. The molecule has 1 aliphatic rings. The smallest absolute Gasteiger partial charge is 0.317 e. The first-order valence-electron chi connectivity index (χ1n) is 8.13. The van der Waals surface area contributed by atoms with E-state index in [1.54, 1.807) is 0 Å². The molecule has 2 heterocycles. The minimum Gasteiger partial charge on any atom is -0.349 e. The molecule has 0 spiro atoms. The molecule has 1 saturated heterocycles. The van der Waals surface area contributed by atoms with Crippen molar-refractivity contribution in [2.24, 2.45) is 0 Å². The quantitative estimate of drug-likeness (QED) is 0.849. The number of nitrogens with one attached hydrogen (secondary N) is 2. The van der Waals surface area contributed by atoms with Crippen molar-refractivity contribution in [3.8, 4) is 0 Å². The molecule has 1 aliphatic heterocycles. The van der Waals surface area contributed by atoms with Gasteiger partial charge >= 0.3 is 6.03 Å². The summed E-state index contributed by atoms with van der Waals surface area (Å²) in [6.07, 6.45) is 0.886. The number of carbonyl (C=O) groups is 1. The Bertz CT molecular complexity index is 520. The van der Waals surface area contributed by atoms with E-state index in [1.807, 2.05) is 30.8 Å². The zero-order chi connectivity index (χ0) is 17.0. The highest BCUT2D eigenvalue weighted by molar-refractivity contribution is 5.74. The summed E-state index contributed by atoms with van der Waals surface area (Å²) in [6, 6.07) is 0.152. The molecule has 1 aromatic rings. The van der Waals surface area contributed by atoms with E-state index in [1.165, 1.54) is 0 Å². The summed E-state index contributed by atoms with van der Waals surface area (Å²) in [6.45, 7) is 8.09. The van der Waals surface area contributed by atoms with Crippen molar-refractivity contribution < 1.29 is 4.79 Å². The van der Waals surface area contributed by atoms with Gasteiger partial charge in [0.05, 0.1) is 0 Å². The van der Waals surface area contributed by atoms with Gasteiger partial charge in [0.1, 0.15) is 5.82 Å². The van der Waals surface area contributed by atoms with Gasteiger partial charge in [0.15, 0.2) is 0 Å². The monoisotopic (exact) mass is 321 g/mol. The van der Waals surface area contributed by atoms with Crippen molar-refractivity contribution in [1.29, 1.82) is 0 Å². The fourth-order valence-electron chi connectivity index (χ4n) is 2.41. The highest BCUT2D eigenvalue weighted by Gasteiger charge is 2.26. The van der Waals surface area contributed by atoms with Crippen LogP contribution >= 0.6 is 0 Å². The number of hydrogen-bond acceptors (Lipinski definition) is 6. The third-order valence-corrected chi connectivity index (χ3v) is 3.69. The lowest BCUT2D eigenvalue weighted by atomic mass is 10.2. The number of anilines is 2. The average molecular weight is 321 g/mol. The molecule has 2 N–H and O–H groups in total. The lowest BCUT2D eigenvalue weighted by Gasteiger charge is -2.18. The van der Waals surface area contributed by atoms with Crippen LogP contribution in [-0.4, -0.2) is 65.7 Å². The van der Waals surface area contributed by atoms with E-state index in [0.29, 0.717) is 25.0 Å². The molecule has 0 saturated carbocycles. The van der Waals surface area contributed by atoms with E-state index in [4.69, 9.17) is 0 Å². The maximum absolute atomic E-state index is 11.9. The Hall–Kier alpha value is -2.12. The van der Waals surface area contributed by atoms with Crippen molar-refractivity contribution in [2.45, 2.75) is 39.2 Å². The van der Waals surface area contributed by atoms with Gasteiger partial charge in [0.25, 0.3) is 0 Å². The van der Waals surface area contributed by atoms with Crippen LogP contribution in [0, 0.1) is 0 Å². The standard InChI is InChI=1S/C15H27N7O/c1-6-16-15(23)22-8-7-11(9-22)17-13-18-12(10(2)3)19-14(20-13)21(4)5/h10-11H,6-9H2,1-5H3,(H,16,23)(H,17,18,19,20). The van der Waals surface area contributed by atoms with Crippen molar-refractivity contribution in [3.63, 3.8) is 0 Å². The predicted octanol–water partition coefficient (Wildman–Crippen LogP) is 1.28. The Kier molecular flexibility index (Phi) is 5.57. The number of amides is 2. The molecular weight excluding hydrogens is 294 g/mol. The fourth-order valence-corrected chi connectivity index (χ4v) is 2.41. The van der Waals surface area contributed by atoms with Crippen molar-refractivity contribution in [2.75, 3.05) is 43.9 Å². The topological polar surface area (TPSA) is 86.3 Å². The number of hydrogen-bond donors (Lipinski definition) is 2. The van der Waals surface area contributed by atoms with E-state index >= 15 is 0 Å². The SMILES string of the molecule is CCNC(=O)N1CCC(Nc2nc(C(C)C)nc(N(C)C)n2)C1. The van der Waals surface area contributed by atoms with Gasteiger partial charge in [-0.05, 0) is 13.3 Å².